The van der Waals surface area contributed by atoms with Gasteiger partial charge in [0.1, 0.15) is 6.04 Å². The molecule has 0 spiro atoms. The molecule has 5 heteroatoms. The third kappa shape index (κ3) is 3.14. The second-order valence-corrected chi connectivity index (χ2v) is 7.38. The Kier molecular flexibility index (Phi) is 4.30. The second kappa shape index (κ2) is 6.65. The van der Waals surface area contributed by atoms with Gasteiger partial charge in [0.05, 0.1) is 12.1 Å². The standard InChI is InChI=1S/C22H22N2O3/c1-14-7-9-17(10-8-14)24-20(25)13-19(22(24)27)23(16-11-12-16)21(26)18-6-4-3-5-15(18)2/h3-10,16,19H,11-13H2,1-2H3. The van der Waals surface area contributed by atoms with E-state index in [1.165, 1.54) is 4.90 Å². The highest BCUT2D eigenvalue weighted by Gasteiger charge is 2.49. The Morgan fingerprint density at radius 1 is 1.00 bits per heavy atom. The molecular formula is C22H22N2O3. The number of aryl methyl sites for hydroxylation is 2. The van der Waals surface area contributed by atoms with Gasteiger partial charge in [0.25, 0.3) is 11.8 Å². The highest BCUT2D eigenvalue weighted by atomic mass is 16.2. The number of nitrogens with zero attached hydrogens (tertiary/aromatic N) is 2. The highest BCUT2D eigenvalue weighted by Crippen LogP contribution is 2.35. The normalized spacial score (nSPS) is 19.5. The molecule has 1 unspecified atom stereocenters. The van der Waals surface area contributed by atoms with E-state index in [1.807, 2.05) is 44.2 Å². The minimum absolute atomic E-state index is 0.0387. The second-order valence-electron chi connectivity index (χ2n) is 7.38. The molecule has 27 heavy (non-hydrogen) atoms. The number of hydrogen-bond acceptors (Lipinski definition) is 3. The van der Waals surface area contributed by atoms with E-state index >= 15 is 0 Å². The number of amides is 3. The van der Waals surface area contributed by atoms with Crippen LogP contribution in [0.5, 0.6) is 0 Å². The van der Waals surface area contributed by atoms with Crippen LogP contribution in [0.15, 0.2) is 48.5 Å². The molecule has 0 bridgehead atoms. The number of benzene rings is 2. The summed E-state index contributed by atoms with van der Waals surface area (Å²) in [6.45, 7) is 3.84. The fourth-order valence-electron chi connectivity index (χ4n) is 3.66. The van der Waals surface area contributed by atoms with Crippen molar-refractivity contribution in [3.63, 3.8) is 0 Å². The summed E-state index contributed by atoms with van der Waals surface area (Å²) in [6.07, 6.45) is 1.79. The molecule has 1 aliphatic heterocycles. The number of carbonyl (C=O) groups is 3. The molecule has 1 heterocycles. The Balaban J connectivity index is 1.65. The Bertz CT molecular complexity index is 915. The van der Waals surface area contributed by atoms with Crippen LogP contribution >= 0.6 is 0 Å². The lowest BCUT2D eigenvalue weighted by atomic mass is 10.1. The molecule has 1 saturated carbocycles. The van der Waals surface area contributed by atoms with E-state index in [0.717, 1.165) is 24.0 Å². The monoisotopic (exact) mass is 362 g/mol. The molecule has 4 rings (SSSR count). The molecule has 1 saturated heterocycles. The Morgan fingerprint density at radius 2 is 1.67 bits per heavy atom. The quantitative estimate of drug-likeness (QED) is 0.785. The molecule has 0 radical (unpaired) electrons. The third-order valence-electron chi connectivity index (χ3n) is 5.30. The molecule has 5 nitrogen and oxygen atoms in total. The van der Waals surface area contributed by atoms with Crippen LogP contribution in [-0.2, 0) is 9.59 Å². The van der Waals surface area contributed by atoms with Gasteiger partial charge in [0.2, 0.25) is 5.91 Å². The number of hydrogen-bond donors (Lipinski definition) is 0. The lowest BCUT2D eigenvalue weighted by molar-refractivity contribution is -0.122. The SMILES string of the molecule is Cc1ccc(N2C(=O)CC(N(C(=O)c3ccccc3C)C3CC3)C2=O)cc1. The van der Waals surface area contributed by atoms with Crippen molar-refractivity contribution in [2.24, 2.45) is 0 Å². The van der Waals surface area contributed by atoms with Crippen molar-refractivity contribution < 1.29 is 14.4 Å². The van der Waals surface area contributed by atoms with E-state index in [4.69, 9.17) is 0 Å². The fraction of sp³-hybridized carbons (Fsp3) is 0.318. The van der Waals surface area contributed by atoms with Gasteiger partial charge >= 0.3 is 0 Å². The minimum Gasteiger partial charge on any atom is -0.323 e. The van der Waals surface area contributed by atoms with Gasteiger partial charge in [0.15, 0.2) is 0 Å². The van der Waals surface area contributed by atoms with Crippen molar-refractivity contribution >= 4 is 23.4 Å². The van der Waals surface area contributed by atoms with Gasteiger partial charge in [-0.2, -0.15) is 0 Å². The maximum Gasteiger partial charge on any atom is 0.257 e. The van der Waals surface area contributed by atoms with Gasteiger partial charge < -0.3 is 4.90 Å². The van der Waals surface area contributed by atoms with Crippen LogP contribution in [0.3, 0.4) is 0 Å². The highest BCUT2D eigenvalue weighted by molar-refractivity contribution is 6.23. The molecule has 0 aromatic heterocycles. The number of rotatable bonds is 4. The summed E-state index contributed by atoms with van der Waals surface area (Å²) in [4.78, 5) is 41.8. The molecule has 2 aromatic rings. The van der Waals surface area contributed by atoms with E-state index in [0.29, 0.717) is 11.3 Å². The predicted octanol–water partition coefficient (Wildman–Crippen LogP) is 3.24. The molecule has 138 valence electrons. The lowest BCUT2D eigenvalue weighted by Crippen LogP contribution is -2.47. The average Bonchev–Trinajstić information content (AvgIpc) is 3.43. The molecule has 0 N–H and O–H groups in total. The minimum atomic E-state index is -0.724. The molecule has 1 aliphatic carbocycles. The summed E-state index contributed by atoms with van der Waals surface area (Å²) in [7, 11) is 0. The first-order valence-electron chi connectivity index (χ1n) is 9.29. The molecule has 2 aromatic carbocycles. The Hall–Kier alpha value is -2.95. The first-order valence-corrected chi connectivity index (χ1v) is 9.29. The van der Waals surface area contributed by atoms with Crippen LogP contribution in [0.2, 0.25) is 0 Å². The number of anilines is 1. The zero-order valence-electron chi connectivity index (χ0n) is 15.5. The molecule has 3 amide bonds. The summed E-state index contributed by atoms with van der Waals surface area (Å²) in [5, 5.41) is 0. The van der Waals surface area contributed by atoms with Crippen molar-refractivity contribution in [3.8, 4) is 0 Å². The van der Waals surface area contributed by atoms with Crippen LogP contribution < -0.4 is 4.90 Å². The zero-order chi connectivity index (χ0) is 19.1. The maximum atomic E-state index is 13.2. The van der Waals surface area contributed by atoms with Gasteiger partial charge in [-0.3, -0.25) is 14.4 Å². The van der Waals surface area contributed by atoms with Crippen molar-refractivity contribution in [2.75, 3.05) is 4.90 Å². The average molecular weight is 362 g/mol. The number of carbonyl (C=O) groups excluding carboxylic acids is 3. The predicted molar refractivity (Wildman–Crippen MR) is 102 cm³/mol. The van der Waals surface area contributed by atoms with Crippen LogP contribution in [0.25, 0.3) is 0 Å². The van der Waals surface area contributed by atoms with Crippen LogP contribution in [0.4, 0.5) is 5.69 Å². The largest absolute Gasteiger partial charge is 0.323 e. The smallest absolute Gasteiger partial charge is 0.257 e. The van der Waals surface area contributed by atoms with E-state index in [-0.39, 0.29) is 30.2 Å². The first-order chi connectivity index (χ1) is 13.0. The van der Waals surface area contributed by atoms with E-state index < -0.39 is 6.04 Å². The molecule has 2 aliphatic rings. The fourth-order valence-corrected chi connectivity index (χ4v) is 3.66. The summed E-state index contributed by atoms with van der Waals surface area (Å²) in [5.41, 5.74) is 3.10. The summed E-state index contributed by atoms with van der Waals surface area (Å²) >= 11 is 0. The van der Waals surface area contributed by atoms with E-state index in [1.54, 1.807) is 23.1 Å². The van der Waals surface area contributed by atoms with Gasteiger partial charge in [-0.1, -0.05) is 35.9 Å². The van der Waals surface area contributed by atoms with Crippen molar-refractivity contribution in [1.82, 2.24) is 4.90 Å². The van der Waals surface area contributed by atoms with Crippen molar-refractivity contribution in [1.29, 1.82) is 0 Å². The number of imide groups is 1. The van der Waals surface area contributed by atoms with Crippen LogP contribution in [0, 0.1) is 13.8 Å². The zero-order valence-corrected chi connectivity index (χ0v) is 15.5. The van der Waals surface area contributed by atoms with Gasteiger partial charge in [-0.05, 0) is 50.5 Å². The summed E-state index contributed by atoms with van der Waals surface area (Å²) in [5.74, 6) is -0.720. The van der Waals surface area contributed by atoms with Gasteiger partial charge in [-0.25, -0.2) is 4.90 Å². The van der Waals surface area contributed by atoms with E-state index in [9.17, 15) is 14.4 Å². The van der Waals surface area contributed by atoms with E-state index in [2.05, 4.69) is 0 Å². The van der Waals surface area contributed by atoms with Gasteiger partial charge in [-0.15, -0.1) is 0 Å². The summed E-state index contributed by atoms with van der Waals surface area (Å²) in [6, 6.07) is 14.0. The topological polar surface area (TPSA) is 57.7 Å². The molecule has 1 atom stereocenters. The Morgan fingerprint density at radius 3 is 2.30 bits per heavy atom. The first kappa shape index (κ1) is 17.5. The van der Waals surface area contributed by atoms with Crippen LogP contribution in [-0.4, -0.2) is 34.7 Å². The van der Waals surface area contributed by atoms with Crippen molar-refractivity contribution in [2.45, 2.75) is 45.2 Å². The Labute approximate surface area is 158 Å². The summed E-state index contributed by atoms with van der Waals surface area (Å²) < 4.78 is 0. The van der Waals surface area contributed by atoms with Crippen LogP contribution in [0.1, 0.15) is 40.7 Å². The van der Waals surface area contributed by atoms with Gasteiger partial charge in [0, 0.05) is 11.6 Å². The molecule has 2 fully saturated rings. The molecular weight excluding hydrogens is 340 g/mol. The lowest BCUT2D eigenvalue weighted by Gasteiger charge is -2.28. The maximum absolute atomic E-state index is 13.2. The van der Waals surface area contributed by atoms with Crippen molar-refractivity contribution in [3.05, 3.63) is 65.2 Å². The third-order valence-corrected chi connectivity index (χ3v) is 5.30.